The molecule has 0 aliphatic heterocycles. The second-order valence-electron chi connectivity index (χ2n) is 4.76. The Morgan fingerprint density at radius 1 is 1.29 bits per heavy atom. The standard InChI is InChI=1S/C15H25NO/c1-5-17-14-8-6-7-13(11-14)9-10-15(16-4)12(2)3/h6-8,11-12,15-16H,5,9-10H2,1-4H3. The number of nitrogens with one attached hydrogen (secondary N) is 1. The zero-order chi connectivity index (χ0) is 12.7. The fourth-order valence-electron chi connectivity index (χ4n) is 2.09. The lowest BCUT2D eigenvalue weighted by molar-refractivity contribution is 0.339. The maximum atomic E-state index is 5.51. The third-order valence-electron chi connectivity index (χ3n) is 3.13. The van der Waals surface area contributed by atoms with Crippen molar-refractivity contribution in [3.05, 3.63) is 29.8 Å². The lowest BCUT2D eigenvalue weighted by atomic mass is 9.97. The highest BCUT2D eigenvalue weighted by Gasteiger charge is 2.10. The van der Waals surface area contributed by atoms with Crippen LogP contribution in [0.1, 0.15) is 32.8 Å². The van der Waals surface area contributed by atoms with Gasteiger partial charge in [0, 0.05) is 6.04 Å². The van der Waals surface area contributed by atoms with Crippen LogP contribution >= 0.6 is 0 Å². The molecule has 0 amide bonds. The highest BCUT2D eigenvalue weighted by Crippen LogP contribution is 2.16. The second-order valence-corrected chi connectivity index (χ2v) is 4.76. The Bertz CT molecular complexity index is 322. The fraction of sp³-hybridized carbons (Fsp3) is 0.600. The molecule has 17 heavy (non-hydrogen) atoms. The third kappa shape index (κ3) is 4.78. The molecule has 0 radical (unpaired) electrons. The summed E-state index contributed by atoms with van der Waals surface area (Å²) in [5.74, 6) is 1.66. The summed E-state index contributed by atoms with van der Waals surface area (Å²) in [6.07, 6.45) is 2.27. The Morgan fingerprint density at radius 3 is 2.65 bits per heavy atom. The molecule has 1 aromatic carbocycles. The van der Waals surface area contributed by atoms with Crippen LogP contribution in [0.5, 0.6) is 5.75 Å². The quantitative estimate of drug-likeness (QED) is 0.783. The van der Waals surface area contributed by atoms with Gasteiger partial charge in [0.1, 0.15) is 5.75 Å². The van der Waals surface area contributed by atoms with E-state index < -0.39 is 0 Å². The van der Waals surface area contributed by atoms with Crippen LogP contribution < -0.4 is 10.1 Å². The molecule has 1 rings (SSSR count). The number of hydrogen-bond donors (Lipinski definition) is 1. The van der Waals surface area contributed by atoms with Crippen molar-refractivity contribution in [2.24, 2.45) is 5.92 Å². The molecule has 0 fully saturated rings. The number of hydrogen-bond acceptors (Lipinski definition) is 2. The van der Waals surface area contributed by atoms with Crippen LogP contribution in [-0.2, 0) is 6.42 Å². The van der Waals surface area contributed by atoms with Gasteiger partial charge in [0.15, 0.2) is 0 Å². The molecule has 2 nitrogen and oxygen atoms in total. The number of ether oxygens (including phenoxy) is 1. The molecule has 0 bridgehead atoms. The minimum absolute atomic E-state index is 0.589. The molecule has 0 saturated heterocycles. The van der Waals surface area contributed by atoms with Crippen molar-refractivity contribution in [2.45, 2.75) is 39.7 Å². The van der Waals surface area contributed by atoms with Crippen LogP contribution in [0.3, 0.4) is 0 Å². The van der Waals surface area contributed by atoms with Crippen molar-refractivity contribution in [3.8, 4) is 5.75 Å². The Balaban J connectivity index is 2.53. The summed E-state index contributed by atoms with van der Waals surface area (Å²) in [4.78, 5) is 0. The van der Waals surface area contributed by atoms with Gasteiger partial charge in [-0.15, -0.1) is 0 Å². The Hall–Kier alpha value is -1.02. The Kier molecular flexibility index (Phi) is 6.06. The summed E-state index contributed by atoms with van der Waals surface area (Å²) in [5.41, 5.74) is 1.36. The average molecular weight is 235 g/mol. The fourth-order valence-corrected chi connectivity index (χ4v) is 2.09. The maximum Gasteiger partial charge on any atom is 0.119 e. The van der Waals surface area contributed by atoms with Crippen molar-refractivity contribution in [1.29, 1.82) is 0 Å². The first kappa shape index (κ1) is 14.0. The van der Waals surface area contributed by atoms with E-state index >= 15 is 0 Å². The third-order valence-corrected chi connectivity index (χ3v) is 3.13. The molecule has 0 heterocycles. The molecular weight excluding hydrogens is 210 g/mol. The minimum atomic E-state index is 0.589. The number of benzene rings is 1. The van der Waals surface area contributed by atoms with Gasteiger partial charge in [0.25, 0.3) is 0 Å². The van der Waals surface area contributed by atoms with Crippen molar-refractivity contribution in [1.82, 2.24) is 5.32 Å². The van der Waals surface area contributed by atoms with Gasteiger partial charge >= 0.3 is 0 Å². The van der Waals surface area contributed by atoms with E-state index in [-0.39, 0.29) is 0 Å². The molecule has 1 unspecified atom stereocenters. The maximum absolute atomic E-state index is 5.51. The summed E-state index contributed by atoms with van der Waals surface area (Å²) in [6.45, 7) is 7.27. The predicted octanol–water partition coefficient (Wildman–Crippen LogP) is 3.26. The molecule has 0 saturated carbocycles. The summed E-state index contributed by atoms with van der Waals surface area (Å²) in [7, 11) is 2.04. The first-order valence-corrected chi connectivity index (χ1v) is 6.56. The molecule has 96 valence electrons. The predicted molar refractivity (Wildman–Crippen MR) is 73.6 cm³/mol. The number of aryl methyl sites for hydroxylation is 1. The molecular formula is C15H25NO. The zero-order valence-electron chi connectivity index (χ0n) is 11.5. The lowest BCUT2D eigenvalue weighted by Gasteiger charge is -2.20. The summed E-state index contributed by atoms with van der Waals surface area (Å²) >= 11 is 0. The van der Waals surface area contributed by atoms with E-state index in [4.69, 9.17) is 4.74 Å². The van der Waals surface area contributed by atoms with Gasteiger partial charge in [-0.25, -0.2) is 0 Å². The first-order chi connectivity index (χ1) is 8.17. The molecule has 1 N–H and O–H groups in total. The SMILES string of the molecule is CCOc1cccc(CCC(NC)C(C)C)c1. The molecule has 2 heteroatoms. The molecule has 1 aromatic rings. The normalized spacial score (nSPS) is 12.8. The van der Waals surface area contributed by atoms with Crippen molar-refractivity contribution in [2.75, 3.05) is 13.7 Å². The second kappa shape index (κ2) is 7.33. The minimum Gasteiger partial charge on any atom is -0.494 e. The van der Waals surface area contributed by atoms with Crippen LogP contribution in [0.4, 0.5) is 0 Å². The van der Waals surface area contributed by atoms with Gasteiger partial charge in [-0.1, -0.05) is 26.0 Å². The van der Waals surface area contributed by atoms with Crippen LogP contribution in [0.15, 0.2) is 24.3 Å². The van der Waals surface area contributed by atoms with Gasteiger partial charge in [-0.05, 0) is 50.4 Å². The monoisotopic (exact) mass is 235 g/mol. The van der Waals surface area contributed by atoms with E-state index in [1.165, 1.54) is 12.0 Å². The van der Waals surface area contributed by atoms with E-state index in [1.807, 2.05) is 20.0 Å². The highest BCUT2D eigenvalue weighted by atomic mass is 16.5. The van der Waals surface area contributed by atoms with Gasteiger partial charge in [-0.2, -0.15) is 0 Å². The van der Waals surface area contributed by atoms with E-state index in [0.717, 1.165) is 18.8 Å². The van der Waals surface area contributed by atoms with Crippen molar-refractivity contribution < 1.29 is 4.74 Å². The Labute approximate surface area is 105 Å². The Morgan fingerprint density at radius 2 is 2.06 bits per heavy atom. The van der Waals surface area contributed by atoms with Crippen LogP contribution in [0.25, 0.3) is 0 Å². The van der Waals surface area contributed by atoms with Crippen LogP contribution in [0.2, 0.25) is 0 Å². The topological polar surface area (TPSA) is 21.3 Å². The van der Waals surface area contributed by atoms with Gasteiger partial charge < -0.3 is 10.1 Å². The number of rotatable bonds is 7. The zero-order valence-corrected chi connectivity index (χ0v) is 11.5. The van der Waals surface area contributed by atoms with Gasteiger partial charge in [0.05, 0.1) is 6.61 Å². The van der Waals surface area contributed by atoms with E-state index in [1.54, 1.807) is 0 Å². The highest BCUT2D eigenvalue weighted by molar-refractivity contribution is 5.28. The summed E-state index contributed by atoms with van der Waals surface area (Å²) in [5, 5.41) is 3.38. The summed E-state index contributed by atoms with van der Waals surface area (Å²) < 4.78 is 5.51. The molecule has 0 spiro atoms. The molecule has 0 aliphatic rings. The first-order valence-electron chi connectivity index (χ1n) is 6.56. The molecule has 0 aliphatic carbocycles. The smallest absolute Gasteiger partial charge is 0.119 e. The van der Waals surface area contributed by atoms with E-state index in [9.17, 15) is 0 Å². The van der Waals surface area contributed by atoms with Gasteiger partial charge in [-0.3, -0.25) is 0 Å². The van der Waals surface area contributed by atoms with Crippen molar-refractivity contribution >= 4 is 0 Å². The van der Waals surface area contributed by atoms with Crippen LogP contribution in [-0.4, -0.2) is 19.7 Å². The summed E-state index contributed by atoms with van der Waals surface area (Å²) in [6, 6.07) is 9.01. The lowest BCUT2D eigenvalue weighted by Crippen LogP contribution is -2.30. The molecule has 1 atom stereocenters. The average Bonchev–Trinajstić information content (AvgIpc) is 2.30. The van der Waals surface area contributed by atoms with Crippen LogP contribution in [0, 0.1) is 5.92 Å². The molecule has 0 aromatic heterocycles. The van der Waals surface area contributed by atoms with E-state index in [2.05, 4.69) is 37.4 Å². The van der Waals surface area contributed by atoms with Gasteiger partial charge in [0.2, 0.25) is 0 Å². The van der Waals surface area contributed by atoms with Crippen molar-refractivity contribution in [3.63, 3.8) is 0 Å². The van der Waals surface area contributed by atoms with E-state index in [0.29, 0.717) is 12.0 Å². The largest absolute Gasteiger partial charge is 0.494 e.